The molecule has 0 N–H and O–H groups in total. The first-order chi connectivity index (χ1) is 13.7. The summed E-state index contributed by atoms with van der Waals surface area (Å²) in [6.07, 6.45) is 6.66. The Kier molecular flexibility index (Phi) is 4.33. The largest absolute Gasteiger partial charge is 0.298 e. The lowest BCUT2D eigenvalue weighted by Crippen LogP contribution is -2.20. The van der Waals surface area contributed by atoms with Crippen LogP contribution in [0.15, 0.2) is 67.1 Å². The minimum absolute atomic E-state index is 0.192. The number of likely N-dealkylation sites (tertiary alicyclic amines) is 1. The molecule has 5 rings (SSSR count). The van der Waals surface area contributed by atoms with Crippen molar-refractivity contribution in [2.75, 3.05) is 13.1 Å². The van der Waals surface area contributed by atoms with E-state index in [0.717, 1.165) is 54.2 Å². The van der Waals surface area contributed by atoms with Gasteiger partial charge in [0, 0.05) is 48.7 Å². The first kappa shape index (κ1) is 17.0. The highest BCUT2D eigenvalue weighted by molar-refractivity contribution is 5.63. The van der Waals surface area contributed by atoms with Gasteiger partial charge in [0.25, 0.3) is 0 Å². The van der Waals surface area contributed by atoms with Gasteiger partial charge in [-0.15, -0.1) is 0 Å². The van der Waals surface area contributed by atoms with Crippen molar-refractivity contribution in [1.29, 1.82) is 0 Å². The summed E-state index contributed by atoms with van der Waals surface area (Å²) < 4.78 is 14.9. The standard InChI is InChI=1S/C22H20FN5/c23-20-6-3-16(4-7-20)13-27-11-9-19(14-27)22-25-21-8-5-18(15-28(21)26-22)17-2-1-10-24-12-17/h1-8,10,12,15,19H,9,11,13-14H2/t19-/m1/s1. The SMILES string of the molecule is Fc1ccc(CN2CC[C@@H](c3nc4ccc(-c5cccnc5)cn4n3)C2)cc1. The molecule has 1 atom stereocenters. The van der Waals surface area contributed by atoms with E-state index in [9.17, 15) is 4.39 Å². The number of hydrogen-bond acceptors (Lipinski definition) is 4. The molecule has 5 nitrogen and oxygen atoms in total. The predicted molar refractivity (Wildman–Crippen MR) is 105 cm³/mol. The van der Waals surface area contributed by atoms with E-state index in [1.807, 2.05) is 47.2 Å². The summed E-state index contributed by atoms with van der Waals surface area (Å²) in [6.45, 7) is 2.75. The quantitative estimate of drug-likeness (QED) is 0.544. The summed E-state index contributed by atoms with van der Waals surface area (Å²) in [4.78, 5) is 11.3. The first-order valence-corrected chi connectivity index (χ1v) is 9.48. The molecule has 1 aliphatic heterocycles. The van der Waals surface area contributed by atoms with Gasteiger partial charge in [-0.1, -0.05) is 18.2 Å². The smallest absolute Gasteiger partial charge is 0.156 e. The zero-order valence-corrected chi connectivity index (χ0v) is 15.4. The molecular formula is C22H20FN5. The fourth-order valence-corrected chi connectivity index (χ4v) is 3.81. The lowest BCUT2D eigenvalue weighted by Gasteiger charge is -2.15. The number of aromatic nitrogens is 4. The zero-order chi connectivity index (χ0) is 18.9. The van der Waals surface area contributed by atoms with Gasteiger partial charge in [0.05, 0.1) is 0 Å². The van der Waals surface area contributed by atoms with Crippen LogP contribution in [0, 0.1) is 5.82 Å². The lowest BCUT2D eigenvalue weighted by molar-refractivity contribution is 0.325. The summed E-state index contributed by atoms with van der Waals surface area (Å²) in [5.41, 5.74) is 4.12. The van der Waals surface area contributed by atoms with Gasteiger partial charge in [-0.25, -0.2) is 13.9 Å². The average molecular weight is 373 g/mol. The van der Waals surface area contributed by atoms with Crippen molar-refractivity contribution in [3.63, 3.8) is 0 Å². The Morgan fingerprint density at radius 3 is 2.75 bits per heavy atom. The maximum absolute atomic E-state index is 13.1. The van der Waals surface area contributed by atoms with E-state index in [1.165, 1.54) is 12.1 Å². The van der Waals surface area contributed by atoms with E-state index in [4.69, 9.17) is 10.1 Å². The van der Waals surface area contributed by atoms with E-state index in [2.05, 4.69) is 16.0 Å². The van der Waals surface area contributed by atoms with Crippen LogP contribution in [0.5, 0.6) is 0 Å². The second-order valence-corrected chi connectivity index (χ2v) is 7.28. The highest BCUT2D eigenvalue weighted by atomic mass is 19.1. The Labute approximate surface area is 162 Å². The fourth-order valence-electron chi connectivity index (χ4n) is 3.81. The minimum Gasteiger partial charge on any atom is -0.298 e. The van der Waals surface area contributed by atoms with Crippen molar-refractivity contribution in [2.24, 2.45) is 0 Å². The molecule has 1 aliphatic rings. The number of hydrogen-bond donors (Lipinski definition) is 0. The molecule has 0 radical (unpaired) electrons. The molecule has 4 aromatic rings. The molecule has 0 bridgehead atoms. The number of fused-ring (bicyclic) bond motifs is 1. The van der Waals surface area contributed by atoms with Gasteiger partial charge < -0.3 is 0 Å². The topological polar surface area (TPSA) is 46.3 Å². The number of benzene rings is 1. The second-order valence-electron chi connectivity index (χ2n) is 7.28. The van der Waals surface area contributed by atoms with Crippen molar-refractivity contribution >= 4 is 5.65 Å². The highest BCUT2D eigenvalue weighted by Gasteiger charge is 2.27. The summed E-state index contributed by atoms with van der Waals surface area (Å²) >= 11 is 0. The Balaban J connectivity index is 1.33. The van der Waals surface area contributed by atoms with Crippen LogP contribution in [-0.2, 0) is 6.54 Å². The highest BCUT2D eigenvalue weighted by Crippen LogP contribution is 2.27. The molecule has 28 heavy (non-hydrogen) atoms. The normalized spacial score (nSPS) is 17.4. The third kappa shape index (κ3) is 3.39. The summed E-state index contributed by atoms with van der Waals surface area (Å²) in [7, 11) is 0. The summed E-state index contributed by atoms with van der Waals surface area (Å²) in [6, 6.07) is 14.8. The van der Waals surface area contributed by atoms with Crippen molar-refractivity contribution in [3.8, 4) is 11.1 Å². The molecule has 140 valence electrons. The van der Waals surface area contributed by atoms with Gasteiger partial charge in [0.15, 0.2) is 11.5 Å². The lowest BCUT2D eigenvalue weighted by atomic mass is 10.1. The summed E-state index contributed by atoms with van der Waals surface area (Å²) in [5, 5.41) is 4.74. The maximum Gasteiger partial charge on any atom is 0.156 e. The van der Waals surface area contributed by atoms with Gasteiger partial charge in [0.2, 0.25) is 0 Å². The van der Waals surface area contributed by atoms with Crippen LogP contribution >= 0.6 is 0 Å². The second kappa shape index (κ2) is 7.13. The number of nitrogens with zero attached hydrogens (tertiary/aromatic N) is 5. The van der Waals surface area contributed by atoms with Crippen molar-refractivity contribution in [1.82, 2.24) is 24.5 Å². The van der Waals surface area contributed by atoms with Gasteiger partial charge >= 0.3 is 0 Å². The molecule has 4 heterocycles. The predicted octanol–water partition coefficient (Wildman–Crippen LogP) is 3.92. The molecule has 0 amide bonds. The van der Waals surface area contributed by atoms with Gasteiger partial charge in [0.1, 0.15) is 5.82 Å². The molecular weight excluding hydrogens is 353 g/mol. The van der Waals surface area contributed by atoms with E-state index in [-0.39, 0.29) is 5.82 Å². The first-order valence-electron chi connectivity index (χ1n) is 9.48. The third-order valence-electron chi connectivity index (χ3n) is 5.30. The molecule has 0 aliphatic carbocycles. The van der Waals surface area contributed by atoms with Gasteiger partial charge in [-0.3, -0.25) is 9.88 Å². The zero-order valence-electron chi connectivity index (χ0n) is 15.4. The van der Waals surface area contributed by atoms with Crippen LogP contribution in [0.4, 0.5) is 4.39 Å². The van der Waals surface area contributed by atoms with Crippen molar-refractivity contribution in [2.45, 2.75) is 18.9 Å². The average Bonchev–Trinajstić information content (AvgIpc) is 3.36. The molecule has 0 saturated carbocycles. The minimum atomic E-state index is -0.192. The Morgan fingerprint density at radius 1 is 1.04 bits per heavy atom. The Bertz CT molecular complexity index is 1090. The van der Waals surface area contributed by atoms with Crippen LogP contribution in [0.25, 0.3) is 16.8 Å². The number of rotatable bonds is 4. The fraction of sp³-hybridized carbons (Fsp3) is 0.227. The van der Waals surface area contributed by atoms with E-state index >= 15 is 0 Å². The molecule has 1 saturated heterocycles. The molecule has 0 spiro atoms. The van der Waals surface area contributed by atoms with Crippen LogP contribution in [0.2, 0.25) is 0 Å². The molecule has 3 aromatic heterocycles. The molecule has 6 heteroatoms. The van der Waals surface area contributed by atoms with E-state index in [1.54, 1.807) is 6.20 Å². The number of pyridine rings is 2. The molecule has 0 unspecified atom stereocenters. The summed E-state index contributed by atoms with van der Waals surface area (Å²) in [5.74, 6) is 1.02. The molecule has 1 fully saturated rings. The van der Waals surface area contributed by atoms with Crippen molar-refractivity contribution in [3.05, 3.63) is 84.3 Å². The monoisotopic (exact) mass is 373 g/mol. The van der Waals surface area contributed by atoms with Crippen LogP contribution in [-0.4, -0.2) is 37.6 Å². The van der Waals surface area contributed by atoms with Crippen LogP contribution in [0.3, 0.4) is 0 Å². The van der Waals surface area contributed by atoms with Crippen molar-refractivity contribution < 1.29 is 4.39 Å². The Hall–Kier alpha value is -3.12. The number of halogens is 1. The van der Waals surface area contributed by atoms with Gasteiger partial charge in [-0.2, -0.15) is 5.10 Å². The third-order valence-corrected chi connectivity index (χ3v) is 5.30. The maximum atomic E-state index is 13.1. The van der Waals surface area contributed by atoms with E-state index < -0.39 is 0 Å². The van der Waals surface area contributed by atoms with Gasteiger partial charge in [-0.05, 0) is 48.9 Å². The van der Waals surface area contributed by atoms with Crippen LogP contribution < -0.4 is 0 Å². The Morgan fingerprint density at radius 2 is 1.93 bits per heavy atom. The molecule has 1 aromatic carbocycles. The van der Waals surface area contributed by atoms with E-state index in [0.29, 0.717) is 5.92 Å². The van der Waals surface area contributed by atoms with Crippen LogP contribution in [0.1, 0.15) is 23.7 Å².